The lowest BCUT2D eigenvalue weighted by Gasteiger charge is -2.39. The molecule has 3 rings (SSSR count). The molecule has 2 atom stereocenters. The van der Waals surface area contributed by atoms with Crippen LogP contribution in [0.2, 0.25) is 0 Å². The van der Waals surface area contributed by atoms with E-state index in [0.717, 1.165) is 16.0 Å². The van der Waals surface area contributed by atoms with Gasteiger partial charge in [-0.05, 0) is 48.2 Å². The Morgan fingerprint density at radius 3 is 2.11 bits per heavy atom. The fourth-order valence-corrected chi connectivity index (χ4v) is 4.48. The van der Waals surface area contributed by atoms with Crippen LogP contribution in [-0.4, -0.2) is 47.0 Å². The fourth-order valence-electron chi connectivity index (χ4n) is 4.48. The van der Waals surface area contributed by atoms with Gasteiger partial charge >= 0.3 is 18.4 Å². The van der Waals surface area contributed by atoms with Gasteiger partial charge in [-0.3, -0.25) is 4.79 Å². The van der Waals surface area contributed by atoms with E-state index >= 15 is 0 Å². The summed E-state index contributed by atoms with van der Waals surface area (Å²) in [5.74, 6) is -1.68. The molecule has 0 aromatic heterocycles. The SMILES string of the molecule is Cc1ccccc1[C@@H]1CN(C(=O)O)CC[C@H]1C(=O)N(C)Cc1cc(C(F)(F)F)cc(C(F)(F)F)c1. The van der Waals surface area contributed by atoms with Gasteiger partial charge in [0.15, 0.2) is 0 Å². The average Bonchev–Trinajstić information content (AvgIpc) is 2.77. The minimum Gasteiger partial charge on any atom is -0.465 e. The van der Waals surface area contributed by atoms with Crippen LogP contribution in [0, 0.1) is 12.8 Å². The number of alkyl halides is 6. The number of amides is 2. The zero-order chi connectivity index (χ0) is 26.1. The highest BCUT2D eigenvalue weighted by molar-refractivity contribution is 5.80. The van der Waals surface area contributed by atoms with Gasteiger partial charge in [-0.2, -0.15) is 26.3 Å². The summed E-state index contributed by atoms with van der Waals surface area (Å²) in [7, 11) is 1.31. The van der Waals surface area contributed by atoms with Crippen LogP contribution >= 0.6 is 0 Å². The summed E-state index contributed by atoms with van der Waals surface area (Å²) in [6.07, 6.45) is -10.9. The minimum atomic E-state index is -4.99. The Morgan fingerprint density at radius 1 is 1.03 bits per heavy atom. The van der Waals surface area contributed by atoms with Crippen molar-refractivity contribution in [1.29, 1.82) is 0 Å². The molecular formula is C24H24F6N2O3. The normalized spacial score (nSPS) is 18.9. The molecule has 5 nitrogen and oxygen atoms in total. The van der Waals surface area contributed by atoms with E-state index in [0.29, 0.717) is 12.1 Å². The summed E-state index contributed by atoms with van der Waals surface area (Å²) in [5, 5.41) is 9.43. The third-order valence-corrected chi connectivity index (χ3v) is 6.23. The number of hydrogen-bond donors (Lipinski definition) is 1. The number of nitrogens with zero attached hydrogens (tertiary/aromatic N) is 2. The van der Waals surface area contributed by atoms with Gasteiger partial charge in [0.2, 0.25) is 5.91 Å². The number of carbonyl (C=O) groups excluding carboxylic acids is 1. The number of halogens is 6. The number of likely N-dealkylation sites (tertiary alicyclic amines) is 1. The van der Waals surface area contributed by atoms with E-state index < -0.39 is 53.9 Å². The molecule has 1 N–H and O–H groups in total. The number of aryl methyl sites for hydroxylation is 1. The average molecular weight is 502 g/mol. The molecule has 2 aromatic rings. The first-order valence-electron chi connectivity index (χ1n) is 10.7. The van der Waals surface area contributed by atoms with Crippen LogP contribution in [0.15, 0.2) is 42.5 Å². The molecule has 1 aliphatic rings. The monoisotopic (exact) mass is 502 g/mol. The quantitative estimate of drug-likeness (QED) is 0.540. The number of benzene rings is 2. The first-order valence-corrected chi connectivity index (χ1v) is 10.7. The molecule has 0 radical (unpaired) electrons. The van der Waals surface area contributed by atoms with Gasteiger partial charge in [0.25, 0.3) is 0 Å². The maximum Gasteiger partial charge on any atom is 0.416 e. The van der Waals surface area contributed by atoms with Crippen molar-refractivity contribution in [1.82, 2.24) is 9.80 Å². The second-order valence-electron chi connectivity index (χ2n) is 8.70. The van der Waals surface area contributed by atoms with E-state index in [1.165, 1.54) is 11.9 Å². The Labute approximate surface area is 197 Å². The fraction of sp³-hybridized carbons (Fsp3) is 0.417. The molecule has 11 heteroatoms. The highest BCUT2D eigenvalue weighted by Crippen LogP contribution is 2.38. The molecule has 1 fully saturated rings. The molecule has 1 saturated heterocycles. The largest absolute Gasteiger partial charge is 0.465 e. The number of carboxylic acid groups (broad SMARTS) is 1. The van der Waals surface area contributed by atoms with Crippen LogP contribution in [-0.2, 0) is 23.7 Å². The lowest BCUT2D eigenvalue weighted by molar-refractivity contribution is -0.143. The second-order valence-corrected chi connectivity index (χ2v) is 8.70. The summed E-state index contributed by atoms with van der Waals surface area (Å²) in [6, 6.07) is 8.41. The molecule has 1 aliphatic heterocycles. The van der Waals surface area contributed by atoms with Gasteiger partial charge in [0, 0.05) is 38.5 Å². The van der Waals surface area contributed by atoms with Crippen LogP contribution in [0.25, 0.3) is 0 Å². The van der Waals surface area contributed by atoms with Crippen molar-refractivity contribution >= 4 is 12.0 Å². The van der Waals surface area contributed by atoms with Crippen molar-refractivity contribution in [2.75, 3.05) is 20.1 Å². The molecule has 190 valence electrons. The third kappa shape index (κ3) is 6.07. The first kappa shape index (κ1) is 26.4. The van der Waals surface area contributed by atoms with Crippen LogP contribution in [0.5, 0.6) is 0 Å². The molecule has 0 saturated carbocycles. The van der Waals surface area contributed by atoms with E-state index in [-0.39, 0.29) is 31.1 Å². The molecule has 1 heterocycles. The van der Waals surface area contributed by atoms with E-state index in [9.17, 15) is 41.0 Å². The molecule has 35 heavy (non-hydrogen) atoms. The number of carbonyl (C=O) groups is 2. The van der Waals surface area contributed by atoms with E-state index in [1.807, 2.05) is 13.0 Å². The van der Waals surface area contributed by atoms with E-state index in [1.54, 1.807) is 18.2 Å². The topological polar surface area (TPSA) is 60.9 Å². The lowest BCUT2D eigenvalue weighted by atomic mass is 9.78. The highest BCUT2D eigenvalue weighted by atomic mass is 19.4. The number of rotatable bonds is 4. The van der Waals surface area contributed by atoms with Crippen molar-refractivity contribution in [2.45, 2.75) is 38.2 Å². The minimum absolute atomic E-state index is 0.0428. The van der Waals surface area contributed by atoms with Crippen LogP contribution < -0.4 is 0 Å². The Hall–Kier alpha value is -3.24. The zero-order valence-corrected chi connectivity index (χ0v) is 19.0. The standard InChI is InChI=1S/C24H24F6N2O3/c1-14-5-3-4-6-18(14)20-13-32(22(34)35)8-7-19(20)21(33)31(2)12-15-9-16(23(25,26)27)11-17(10-15)24(28,29)30/h3-6,9-11,19-20H,7-8,12-13H2,1-2H3,(H,34,35)/t19-,20+/m1/s1. The molecule has 0 spiro atoms. The highest BCUT2D eigenvalue weighted by Gasteiger charge is 2.40. The third-order valence-electron chi connectivity index (χ3n) is 6.23. The van der Waals surface area contributed by atoms with E-state index in [4.69, 9.17) is 0 Å². The van der Waals surface area contributed by atoms with Crippen LogP contribution in [0.1, 0.15) is 40.2 Å². The Balaban J connectivity index is 1.90. The predicted octanol–water partition coefficient (Wildman–Crippen LogP) is 5.77. The Kier molecular flexibility index (Phi) is 7.37. The molecule has 0 bridgehead atoms. The lowest BCUT2D eigenvalue weighted by Crippen LogP contribution is -2.47. The van der Waals surface area contributed by atoms with Crippen LogP contribution in [0.3, 0.4) is 0 Å². The summed E-state index contributed by atoms with van der Waals surface area (Å²) < 4.78 is 79.2. The summed E-state index contributed by atoms with van der Waals surface area (Å²) in [5.41, 5.74) is -1.59. The maximum atomic E-state index is 13.4. The van der Waals surface area contributed by atoms with Crippen molar-refractivity contribution in [3.63, 3.8) is 0 Å². The van der Waals surface area contributed by atoms with Gasteiger partial charge in [-0.25, -0.2) is 4.79 Å². The van der Waals surface area contributed by atoms with Crippen molar-refractivity contribution in [3.05, 3.63) is 70.3 Å². The zero-order valence-electron chi connectivity index (χ0n) is 19.0. The van der Waals surface area contributed by atoms with Gasteiger partial charge < -0.3 is 14.9 Å². The van der Waals surface area contributed by atoms with Crippen molar-refractivity contribution < 1.29 is 41.0 Å². The van der Waals surface area contributed by atoms with Gasteiger partial charge in [-0.15, -0.1) is 0 Å². The van der Waals surface area contributed by atoms with Gasteiger partial charge in [0.05, 0.1) is 11.1 Å². The van der Waals surface area contributed by atoms with Crippen LogP contribution in [0.4, 0.5) is 31.1 Å². The van der Waals surface area contributed by atoms with E-state index in [2.05, 4.69) is 0 Å². The molecule has 0 unspecified atom stereocenters. The summed E-state index contributed by atoms with van der Waals surface area (Å²) in [6.45, 7) is 1.49. The Morgan fingerprint density at radius 2 is 1.60 bits per heavy atom. The predicted molar refractivity (Wildman–Crippen MR) is 115 cm³/mol. The molecule has 2 aromatic carbocycles. The molecule has 0 aliphatic carbocycles. The maximum absolute atomic E-state index is 13.4. The van der Waals surface area contributed by atoms with Gasteiger partial charge in [-0.1, -0.05) is 24.3 Å². The molecule has 2 amide bonds. The van der Waals surface area contributed by atoms with Crippen molar-refractivity contribution in [2.24, 2.45) is 5.92 Å². The summed E-state index contributed by atoms with van der Waals surface area (Å²) >= 11 is 0. The number of hydrogen-bond acceptors (Lipinski definition) is 2. The van der Waals surface area contributed by atoms with Crippen molar-refractivity contribution in [3.8, 4) is 0 Å². The van der Waals surface area contributed by atoms with Gasteiger partial charge in [0.1, 0.15) is 0 Å². The Bertz CT molecular complexity index is 1070. The first-order chi connectivity index (χ1) is 16.2. The second kappa shape index (κ2) is 9.79. The molecular weight excluding hydrogens is 478 g/mol. The number of piperidine rings is 1. The smallest absolute Gasteiger partial charge is 0.416 e. The summed E-state index contributed by atoms with van der Waals surface area (Å²) in [4.78, 5) is 27.2.